The van der Waals surface area contributed by atoms with Crippen molar-refractivity contribution in [2.24, 2.45) is 62.6 Å². The maximum Gasteiger partial charge on any atom is 0.311 e. The number of hydrogen-bond donors (Lipinski definition) is 6. The van der Waals surface area contributed by atoms with E-state index in [4.69, 9.17) is 0 Å². The minimum atomic E-state index is -2.51. The van der Waals surface area contributed by atoms with Gasteiger partial charge < -0.3 is 30.6 Å². The molecule has 0 aromatic rings. The Bertz CT molecular complexity index is 1890. The summed E-state index contributed by atoms with van der Waals surface area (Å²) in [4.78, 5) is 79.7. The zero-order valence-electron chi connectivity index (χ0n) is 33.9. The molecule has 6 fully saturated rings. The SMILES string of the molecule is CC12C=CC(=O)C=C1CCC1C2C(O)CC2(C)C1CCC2(O)C(=O)CC(CC(=O)O)(CC(=O)C1(O)CCC2C3CCC4=CC(=O)C=CC4(C)C3C(O)CC21C)C(=O)O. The molecular weight excluding hydrogens is 744 g/mol. The Labute approximate surface area is 338 Å². The molecule has 12 nitrogen and oxygen atoms in total. The van der Waals surface area contributed by atoms with Crippen molar-refractivity contribution in [1.82, 2.24) is 0 Å². The van der Waals surface area contributed by atoms with Crippen LogP contribution >= 0.6 is 0 Å². The monoisotopic (exact) mass is 802 g/mol. The first-order chi connectivity index (χ1) is 27.0. The van der Waals surface area contributed by atoms with Gasteiger partial charge in [0, 0.05) is 46.3 Å². The van der Waals surface area contributed by atoms with Crippen LogP contribution in [-0.4, -0.2) is 89.1 Å². The lowest BCUT2D eigenvalue weighted by Gasteiger charge is -2.59. The van der Waals surface area contributed by atoms with Gasteiger partial charge in [-0.2, -0.15) is 0 Å². The van der Waals surface area contributed by atoms with Gasteiger partial charge in [-0.25, -0.2) is 0 Å². The summed E-state index contributed by atoms with van der Waals surface area (Å²) < 4.78 is 0. The first-order valence-electron chi connectivity index (χ1n) is 21.2. The van der Waals surface area contributed by atoms with Crippen molar-refractivity contribution in [3.05, 3.63) is 47.6 Å². The molecule has 0 aliphatic heterocycles. The number of aliphatic hydroxyl groups excluding tert-OH is 2. The summed E-state index contributed by atoms with van der Waals surface area (Å²) in [6.45, 7) is 7.51. The number of fused-ring (bicyclic) bond motifs is 10. The molecule has 0 aromatic heterocycles. The fourth-order valence-corrected chi connectivity index (χ4v) is 15.2. The molecule has 8 aliphatic carbocycles. The fourth-order valence-electron chi connectivity index (χ4n) is 15.2. The van der Waals surface area contributed by atoms with Crippen molar-refractivity contribution in [3.63, 3.8) is 0 Å². The predicted octanol–water partition coefficient (Wildman–Crippen LogP) is 4.47. The largest absolute Gasteiger partial charge is 0.481 e. The lowest BCUT2D eigenvalue weighted by molar-refractivity contribution is -0.185. The van der Waals surface area contributed by atoms with Crippen molar-refractivity contribution in [2.75, 3.05) is 0 Å². The van der Waals surface area contributed by atoms with E-state index in [0.717, 1.165) is 11.1 Å². The van der Waals surface area contributed by atoms with Gasteiger partial charge in [0.05, 0.1) is 24.0 Å². The third-order valence-electron chi connectivity index (χ3n) is 18.2. The highest BCUT2D eigenvalue weighted by atomic mass is 16.4. The zero-order chi connectivity index (χ0) is 42.2. The molecule has 0 bridgehead atoms. The van der Waals surface area contributed by atoms with Gasteiger partial charge in [0.1, 0.15) is 11.2 Å². The van der Waals surface area contributed by atoms with E-state index in [1.54, 1.807) is 26.0 Å². The average Bonchev–Trinajstić information content (AvgIpc) is 3.57. The number of Topliss-reactive ketones (excluding diaryl/α,β-unsaturated/α-hetero) is 2. The molecule has 14 unspecified atom stereocenters. The van der Waals surface area contributed by atoms with Gasteiger partial charge in [-0.05, 0) is 112 Å². The van der Waals surface area contributed by atoms with Crippen LogP contribution in [0.1, 0.15) is 111 Å². The molecule has 8 rings (SSSR count). The molecule has 0 spiro atoms. The van der Waals surface area contributed by atoms with E-state index in [1.165, 1.54) is 12.2 Å². The van der Waals surface area contributed by atoms with Gasteiger partial charge in [-0.1, -0.05) is 51.0 Å². The average molecular weight is 803 g/mol. The number of aliphatic hydroxyl groups is 4. The highest BCUT2D eigenvalue weighted by Crippen LogP contribution is 2.69. The Hall–Kier alpha value is -3.58. The number of carboxylic acid groups (broad SMARTS) is 2. The summed E-state index contributed by atoms with van der Waals surface area (Å²) in [6.07, 6.45) is 8.33. The Kier molecular flexibility index (Phi) is 9.37. The van der Waals surface area contributed by atoms with Crippen molar-refractivity contribution in [1.29, 1.82) is 0 Å². The highest BCUT2D eigenvalue weighted by molar-refractivity contribution is 6.02. The third kappa shape index (κ3) is 5.45. The Morgan fingerprint density at radius 1 is 0.655 bits per heavy atom. The van der Waals surface area contributed by atoms with E-state index in [1.807, 2.05) is 26.0 Å². The second-order valence-corrected chi connectivity index (χ2v) is 20.6. The van der Waals surface area contributed by atoms with Gasteiger partial charge >= 0.3 is 11.9 Å². The predicted molar refractivity (Wildman–Crippen MR) is 207 cm³/mol. The number of carboxylic acids is 2. The second kappa shape index (κ2) is 13.2. The van der Waals surface area contributed by atoms with Crippen LogP contribution in [0.5, 0.6) is 0 Å². The summed E-state index contributed by atoms with van der Waals surface area (Å²) in [5.74, 6) is -6.55. The van der Waals surface area contributed by atoms with E-state index in [2.05, 4.69) is 0 Å². The minimum absolute atomic E-state index is 0.0239. The van der Waals surface area contributed by atoms with E-state index < -0.39 is 93.3 Å². The number of carbonyl (C=O) groups is 6. The first-order valence-corrected chi connectivity index (χ1v) is 21.2. The molecule has 314 valence electrons. The normalized spacial score (nSPS) is 47.2. The van der Waals surface area contributed by atoms with Gasteiger partial charge in [0.15, 0.2) is 23.1 Å². The number of hydrogen-bond acceptors (Lipinski definition) is 10. The maximum atomic E-state index is 14.7. The van der Waals surface area contributed by atoms with Gasteiger partial charge in [0.25, 0.3) is 0 Å². The van der Waals surface area contributed by atoms with E-state index in [0.29, 0.717) is 38.5 Å². The van der Waals surface area contributed by atoms with E-state index >= 15 is 0 Å². The van der Waals surface area contributed by atoms with E-state index in [-0.39, 0.29) is 72.8 Å². The number of aliphatic carboxylic acids is 2. The van der Waals surface area contributed by atoms with Crippen molar-refractivity contribution in [3.8, 4) is 0 Å². The summed E-state index contributed by atoms with van der Waals surface area (Å²) in [5, 5.41) is 69.7. The molecule has 8 aliphatic rings. The Morgan fingerprint density at radius 3 is 1.41 bits per heavy atom. The number of ketones is 4. The zero-order valence-corrected chi connectivity index (χ0v) is 33.9. The van der Waals surface area contributed by atoms with Crippen LogP contribution in [-0.2, 0) is 28.8 Å². The van der Waals surface area contributed by atoms with Crippen molar-refractivity contribution < 1.29 is 59.4 Å². The van der Waals surface area contributed by atoms with Gasteiger partial charge in [-0.15, -0.1) is 0 Å². The Balaban J connectivity index is 1.07. The summed E-state index contributed by atoms with van der Waals surface area (Å²) in [6, 6.07) is 0. The van der Waals surface area contributed by atoms with Crippen LogP contribution in [0.2, 0.25) is 0 Å². The molecule has 6 saturated carbocycles. The van der Waals surface area contributed by atoms with Gasteiger partial charge in [0.2, 0.25) is 0 Å². The topological polar surface area (TPSA) is 224 Å². The van der Waals surface area contributed by atoms with Crippen LogP contribution in [0.3, 0.4) is 0 Å². The molecule has 0 amide bonds. The van der Waals surface area contributed by atoms with Crippen LogP contribution in [0.25, 0.3) is 0 Å². The van der Waals surface area contributed by atoms with Gasteiger partial charge in [-0.3, -0.25) is 28.8 Å². The molecule has 0 aromatic carbocycles. The van der Waals surface area contributed by atoms with Crippen LogP contribution in [0.15, 0.2) is 47.6 Å². The standard InChI is InChI=1S/C46H58O12/c1-40-13-9-26(47)17-24(40)5-7-28-30-11-15-45(57,42(30,3)19-32(49)37(28)40)34(51)21-44(39(55)56,23-36(53)54)22-35(52)46(58)16-12-31-29-8-6-25-18-27(48)10-14-41(25,2)38(29)33(50)20-43(31,46)4/h9-10,13-14,17-18,28-33,37-38,49-50,57-58H,5-8,11-12,15-16,19-23H2,1-4H3,(H,53,54)(H,55,56). The Morgan fingerprint density at radius 2 is 1.05 bits per heavy atom. The molecular formula is C46H58O12. The molecule has 58 heavy (non-hydrogen) atoms. The molecule has 0 heterocycles. The smallest absolute Gasteiger partial charge is 0.311 e. The van der Waals surface area contributed by atoms with Crippen molar-refractivity contribution in [2.45, 2.75) is 135 Å². The second-order valence-electron chi connectivity index (χ2n) is 20.6. The molecule has 0 radical (unpaired) electrons. The number of allylic oxidation sites excluding steroid dienone is 8. The third-order valence-corrected chi connectivity index (χ3v) is 18.2. The van der Waals surface area contributed by atoms with Crippen LogP contribution < -0.4 is 0 Å². The highest BCUT2D eigenvalue weighted by Gasteiger charge is 2.71. The minimum Gasteiger partial charge on any atom is -0.481 e. The summed E-state index contributed by atoms with van der Waals surface area (Å²) in [7, 11) is 0. The number of rotatable bonds is 9. The van der Waals surface area contributed by atoms with Crippen LogP contribution in [0.4, 0.5) is 0 Å². The summed E-state index contributed by atoms with van der Waals surface area (Å²) >= 11 is 0. The lowest BCUT2D eigenvalue weighted by Crippen LogP contribution is -2.62. The first kappa shape index (κ1) is 41.2. The number of carbonyl (C=O) groups excluding carboxylic acids is 4. The molecule has 0 saturated heterocycles. The van der Waals surface area contributed by atoms with Crippen molar-refractivity contribution >= 4 is 35.1 Å². The lowest BCUT2D eigenvalue weighted by atomic mass is 9.46. The quantitative estimate of drug-likeness (QED) is 0.190. The van der Waals surface area contributed by atoms with E-state index in [9.17, 15) is 59.4 Å². The maximum absolute atomic E-state index is 14.7. The molecule has 6 N–H and O–H groups in total. The van der Waals surface area contributed by atoms with Crippen LogP contribution in [0, 0.1) is 62.6 Å². The molecule has 14 atom stereocenters. The summed E-state index contributed by atoms with van der Waals surface area (Å²) in [5.41, 5.74) is -8.44. The fraction of sp³-hybridized carbons (Fsp3) is 0.696. The molecule has 12 heteroatoms.